The van der Waals surface area contributed by atoms with Crippen molar-refractivity contribution in [2.45, 2.75) is 25.4 Å². The molecule has 1 amide bonds. The summed E-state index contributed by atoms with van der Waals surface area (Å²) in [5.74, 6) is 0.601. The molecule has 132 valence electrons. The third kappa shape index (κ3) is 3.08. The molecule has 26 heavy (non-hydrogen) atoms. The second-order valence-electron chi connectivity index (χ2n) is 6.58. The lowest BCUT2D eigenvalue weighted by atomic mass is 10.1. The maximum Gasteiger partial charge on any atom is 0.254 e. The van der Waals surface area contributed by atoms with Crippen molar-refractivity contribution in [1.82, 2.24) is 9.88 Å². The van der Waals surface area contributed by atoms with Gasteiger partial charge in [0.25, 0.3) is 11.5 Å². The summed E-state index contributed by atoms with van der Waals surface area (Å²) in [6, 6.07) is 16.9. The summed E-state index contributed by atoms with van der Waals surface area (Å²) < 4.78 is 5.31. The van der Waals surface area contributed by atoms with Gasteiger partial charge in [-0.1, -0.05) is 30.3 Å². The third-order valence-electron chi connectivity index (χ3n) is 4.75. The van der Waals surface area contributed by atoms with Gasteiger partial charge in [0, 0.05) is 22.6 Å². The average Bonchev–Trinajstić information content (AvgIpc) is 3.51. The Morgan fingerprint density at radius 3 is 2.62 bits per heavy atom. The number of aromatic amines is 1. The molecule has 1 fully saturated rings. The molecule has 0 spiro atoms. The number of ether oxygens (including phenoxy) is 1. The zero-order valence-corrected chi connectivity index (χ0v) is 14.6. The molecule has 1 N–H and O–H groups in total. The minimum Gasteiger partial charge on any atom is -0.495 e. The zero-order chi connectivity index (χ0) is 18.1. The number of amides is 1. The van der Waals surface area contributed by atoms with Crippen LogP contribution in [0.2, 0.25) is 0 Å². The Morgan fingerprint density at radius 1 is 1.15 bits per heavy atom. The first-order valence-electron chi connectivity index (χ1n) is 8.72. The molecule has 1 heterocycles. The van der Waals surface area contributed by atoms with Gasteiger partial charge in [-0.2, -0.15) is 0 Å². The van der Waals surface area contributed by atoms with E-state index in [2.05, 4.69) is 4.98 Å². The van der Waals surface area contributed by atoms with E-state index in [0.29, 0.717) is 28.9 Å². The molecule has 0 atom stereocenters. The number of aromatic nitrogens is 1. The number of hydrogen-bond acceptors (Lipinski definition) is 3. The highest BCUT2D eigenvalue weighted by Gasteiger charge is 2.33. The zero-order valence-electron chi connectivity index (χ0n) is 14.6. The molecule has 5 heteroatoms. The Bertz CT molecular complexity index is 1010. The summed E-state index contributed by atoms with van der Waals surface area (Å²) in [7, 11) is 1.58. The molecule has 1 saturated carbocycles. The number of benzene rings is 2. The number of nitrogens with zero attached hydrogens (tertiary/aromatic N) is 1. The molecule has 1 aromatic heterocycles. The molecule has 0 radical (unpaired) electrons. The summed E-state index contributed by atoms with van der Waals surface area (Å²) in [5.41, 5.74) is 1.73. The normalized spacial score (nSPS) is 13.6. The predicted octanol–water partition coefficient (Wildman–Crippen LogP) is 3.34. The van der Waals surface area contributed by atoms with Crippen LogP contribution in [0.25, 0.3) is 10.9 Å². The number of methoxy groups -OCH3 is 1. The fourth-order valence-electron chi connectivity index (χ4n) is 3.22. The van der Waals surface area contributed by atoms with Crippen LogP contribution in [0.4, 0.5) is 0 Å². The van der Waals surface area contributed by atoms with Crippen LogP contribution in [0.5, 0.6) is 5.75 Å². The van der Waals surface area contributed by atoms with Crippen molar-refractivity contribution in [1.29, 1.82) is 0 Å². The summed E-state index contributed by atoms with van der Waals surface area (Å²) >= 11 is 0. The van der Waals surface area contributed by atoms with Gasteiger partial charge >= 0.3 is 0 Å². The molecule has 0 bridgehead atoms. The Morgan fingerprint density at radius 2 is 1.92 bits per heavy atom. The van der Waals surface area contributed by atoms with Crippen LogP contribution in [0.3, 0.4) is 0 Å². The van der Waals surface area contributed by atoms with Crippen molar-refractivity contribution in [2.24, 2.45) is 0 Å². The second-order valence-corrected chi connectivity index (χ2v) is 6.58. The van der Waals surface area contributed by atoms with Crippen LogP contribution in [-0.4, -0.2) is 28.9 Å². The summed E-state index contributed by atoms with van der Waals surface area (Å²) in [5, 5.41) is 0.891. The smallest absolute Gasteiger partial charge is 0.254 e. The van der Waals surface area contributed by atoms with Crippen LogP contribution in [0.1, 0.15) is 28.8 Å². The molecule has 5 nitrogen and oxygen atoms in total. The standard InChI is InChI=1S/C21H20N2O3/c1-26-18-9-5-8-15-12-16(20(24)22-19(15)18)13-23(17-10-11-17)21(25)14-6-3-2-4-7-14/h2-9,12,17H,10-11,13H2,1H3,(H,22,24). The van der Waals surface area contributed by atoms with Crippen molar-refractivity contribution in [3.05, 3.63) is 76.1 Å². The van der Waals surface area contributed by atoms with Gasteiger partial charge in [0.1, 0.15) is 5.75 Å². The Hall–Kier alpha value is -3.08. The number of H-pyrrole nitrogens is 1. The lowest BCUT2D eigenvalue weighted by Crippen LogP contribution is -2.34. The molecular weight excluding hydrogens is 328 g/mol. The monoisotopic (exact) mass is 348 g/mol. The van der Waals surface area contributed by atoms with Crippen molar-refractivity contribution >= 4 is 16.8 Å². The molecule has 0 unspecified atom stereocenters. The van der Waals surface area contributed by atoms with E-state index in [0.717, 1.165) is 18.2 Å². The van der Waals surface area contributed by atoms with Gasteiger partial charge in [-0.25, -0.2) is 0 Å². The van der Waals surface area contributed by atoms with E-state index in [1.165, 1.54) is 0 Å². The van der Waals surface area contributed by atoms with Crippen LogP contribution >= 0.6 is 0 Å². The highest BCUT2D eigenvalue weighted by atomic mass is 16.5. The largest absolute Gasteiger partial charge is 0.495 e. The van der Waals surface area contributed by atoms with E-state index in [4.69, 9.17) is 4.74 Å². The average molecular weight is 348 g/mol. The minimum absolute atomic E-state index is 0.0294. The highest BCUT2D eigenvalue weighted by Crippen LogP contribution is 2.30. The molecule has 4 rings (SSSR count). The van der Waals surface area contributed by atoms with Crippen LogP contribution in [-0.2, 0) is 6.54 Å². The van der Waals surface area contributed by atoms with Crippen LogP contribution in [0, 0.1) is 0 Å². The van der Waals surface area contributed by atoms with Crippen LogP contribution < -0.4 is 10.3 Å². The van der Waals surface area contributed by atoms with E-state index in [9.17, 15) is 9.59 Å². The number of hydrogen-bond donors (Lipinski definition) is 1. The Balaban J connectivity index is 1.69. The summed E-state index contributed by atoms with van der Waals surface area (Å²) in [6.07, 6.45) is 1.97. The Kier molecular flexibility index (Phi) is 4.21. The van der Waals surface area contributed by atoms with Gasteiger partial charge < -0.3 is 14.6 Å². The van der Waals surface area contributed by atoms with Crippen molar-refractivity contribution in [3.63, 3.8) is 0 Å². The quantitative estimate of drug-likeness (QED) is 0.769. The van der Waals surface area contributed by atoms with Crippen molar-refractivity contribution < 1.29 is 9.53 Å². The highest BCUT2D eigenvalue weighted by molar-refractivity contribution is 5.94. The van der Waals surface area contributed by atoms with Gasteiger partial charge in [-0.05, 0) is 37.1 Å². The first kappa shape index (κ1) is 16.4. The molecule has 2 aromatic carbocycles. The van der Waals surface area contributed by atoms with Gasteiger partial charge in [-0.3, -0.25) is 9.59 Å². The van der Waals surface area contributed by atoms with E-state index in [-0.39, 0.29) is 17.5 Å². The van der Waals surface area contributed by atoms with E-state index < -0.39 is 0 Å². The topological polar surface area (TPSA) is 62.4 Å². The molecule has 1 aliphatic rings. The predicted molar refractivity (Wildman–Crippen MR) is 100 cm³/mol. The molecule has 0 aliphatic heterocycles. The second kappa shape index (κ2) is 6.67. The SMILES string of the molecule is COc1cccc2cc(CN(C(=O)c3ccccc3)C3CC3)c(=O)[nH]c12. The third-order valence-corrected chi connectivity index (χ3v) is 4.75. The number of rotatable bonds is 5. The first-order chi connectivity index (χ1) is 12.7. The summed E-state index contributed by atoms with van der Waals surface area (Å²) in [4.78, 5) is 30.2. The number of pyridine rings is 1. The van der Waals surface area contributed by atoms with E-state index >= 15 is 0 Å². The van der Waals surface area contributed by atoms with Crippen molar-refractivity contribution in [2.75, 3.05) is 7.11 Å². The maximum absolute atomic E-state index is 12.9. The first-order valence-corrected chi connectivity index (χ1v) is 8.72. The van der Waals surface area contributed by atoms with Gasteiger partial charge in [0.2, 0.25) is 0 Å². The number of carbonyl (C=O) groups excluding carboxylic acids is 1. The number of para-hydroxylation sites is 1. The molecular formula is C21H20N2O3. The van der Waals surface area contributed by atoms with Gasteiger partial charge in [-0.15, -0.1) is 0 Å². The number of carbonyl (C=O) groups is 1. The number of nitrogens with one attached hydrogen (secondary N) is 1. The minimum atomic E-state index is -0.187. The maximum atomic E-state index is 12.9. The molecule has 0 saturated heterocycles. The lowest BCUT2D eigenvalue weighted by molar-refractivity contribution is 0.0729. The van der Waals surface area contributed by atoms with E-state index in [1.807, 2.05) is 59.5 Å². The van der Waals surface area contributed by atoms with Gasteiger partial charge in [0.15, 0.2) is 0 Å². The van der Waals surface area contributed by atoms with E-state index in [1.54, 1.807) is 7.11 Å². The lowest BCUT2D eigenvalue weighted by Gasteiger charge is -2.22. The fourth-order valence-corrected chi connectivity index (χ4v) is 3.22. The van der Waals surface area contributed by atoms with Crippen LogP contribution in [0.15, 0.2) is 59.4 Å². The van der Waals surface area contributed by atoms with Crippen molar-refractivity contribution in [3.8, 4) is 5.75 Å². The Labute approximate surface area is 151 Å². The summed E-state index contributed by atoms with van der Waals surface area (Å²) in [6.45, 7) is 0.306. The fraction of sp³-hybridized carbons (Fsp3) is 0.238. The molecule has 3 aromatic rings. The molecule has 1 aliphatic carbocycles. The van der Waals surface area contributed by atoms with Gasteiger partial charge in [0.05, 0.1) is 19.2 Å². The number of fused-ring (bicyclic) bond motifs is 1.